The molecule has 0 fully saturated rings. The van der Waals surface area contributed by atoms with Crippen molar-refractivity contribution in [2.24, 2.45) is 0 Å². The Balaban J connectivity index is 2.33. The highest BCUT2D eigenvalue weighted by Crippen LogP contribution is 2.14. The third-order valence-corrected chi connectivity index (χ3v) is 3.47. The minimum Gasteiger partial charge on any atom is -0.396 e. The van der Waals surface area contributed by atoms with Gasteiger partial charge in [0.1, 0.15) is 0 Å². The smallest absolute Gasteiger partial charge is 0.253 e. The maximum atomic E-state index is 12.1. The summed E-state index contributed by atoms with van der Waals surface area (Å²) < 4.78 is 0. The number of rotatable bonds is 5. The number of aliphatic hydroxyl groups is 1. The van der Waals surface area contributed by atoms with Crippen molar-refractivity contribution in [1.29, 1.82) is 0 Å². The Morgan fingerprint density at radius 2 is 2.10 bits per heavy atom. The number of aromatic amines is 1. The maximum absolute atomic E-state index is 12.1. The number of nitrogens with one attached hydrogen (secondary N) is 1. The number of benzene rings is 1. The predicted octanol–water partition coefficient (Wildman–Crippen LogP) is 1.57. The van der Waals surface area contributed by atoms with E-state index in [2.05, 4.69) is 4.98 Å². The zero-order chi connectivity index (χ0) is 15.4. The first-order valence-electron chi connectivity index (χ1n) is 7.00. The number of aromatic nitrogens is 1. The van der Waals surface area contributed by atoms with Gasteiger partial charge in [-0.3, -0.25) is 9.59 Å². The molecule has 0 aliphatic carbocycles. The van der Waals surface area contributed by atoms with Crippen LogP contribution in [0.25, 0.3) is 10.9 Å². The summed E-state index contributed by atoms with van der Waals surface area (Å²) in [4.78, 5) is 28.1. The quantitative estimate of drug-likeness (QED) is 0.877. The molecule has 0 spiro atoms. The highest BCUT2D eigenvalue weighted by molar-refractivity contribution is 5.80. The molecule has 2 rings (SSSR count). The van der Waals surface area contributed by atoms with Crippen molar-refractivity contribution in [2.45, 2.75) is 26.8 Å². The van der Waals surface area contributed by atoms with Gasteiger partial charge in [-0.1, -0.05) is 11.6 Å². The molecule has 2 N–H and O–H groups in total. The van der Waals surface area contributed by atoms with Gasteiger partial charge in [-0.25, -0.2) is 0 Å². The number of amides is 1. The van der Waals surface area contributed by atoms with Crippen molar-refractivity contribution in [3.8, 4) is 0 Å². The molecule has 21 heavy (non-hydrogen) atoms. The summed E-state index contributed by atoms with van der Waals surface area (Å²) in [5.41, 5.74) is 2.28. The average Bonchev–Trinajstić information content (AvgIpc) is 2.44. The van der Waals surface area contributed by atoms with E-state index in [4.69, 9.17) is 5.11 Å². The van der Waals surface area contributed by atoms with E-state index in [0.717, 1.165) is 16.5 Å². The van der Waals surface area contributed by atoms with E-state index < -0.39 is 0 Å². The predicted molar refractivity (Wildman–Crippen MR) is 82.1 cm³/mol. The van der Waals surface area contributed by atoms with E-state index in [0.29, 0.717) is 18.5 Å². The first kappa shape index (κ1) is 15.3. The molecule has 2 aromatic rings. The van der Waals surface area contributed by atoms with Crippen LogP contribution in [0.15, 0.2) is 29.1 Å². The minimum atomic E-state index is -0.179. The summed E-state index contributed by atoms with van der Waals surface area (Å²) >= 11 is 0. The molecule has 112 valence electrons. The third-order valence-electron chi connectivity index (χ3n) is 3.47. The fraction of sp³-hybridized carbons (Fsp3) is 0.375. The summed E-state index contributed by atoms with van der Waals surface area (Å²) in [7, 11) is 0. The van der Waals surface area contributed by atoms with Crippen molar-refractivity contribution >= 4 is 16.8 Å². The van der Waals surface area contributed by atoms with Gasteiger partial charge in [-0.15, -0.1) is 0 Å². The lowest BCUT2D eigenvalue weighted by atomic mass is 10.1. The van der Waals surface area contributed by atoms with Crippen LogP contribution in [0.3, 0.4) is 0 Å². The van der Waals surface area contributed by atoms with Gasteiger partial charge >= 0.3 is 0 Å². The Bertz CT molecular complexity index is 706. The number of H-pyrrole nitrogens is 1. The van der Waals surface area contributed by atoms with Crippen LogP contribution in [-0.2, 0) is 11.3 Å². The molecule has 0 saturated carbocycles. The van der Waals surface area contributed by atoms with Gasteiger partial charge in [0.05, 0.1) is 6.54 Å². The second-order valence-corrected chi connectivity index (χ2v) is 5.23. The van der Waals surface area contributed by atoms with E-state index in [9.17, 15) is 9.59 Å². The lowest BCUT2D eigenvalue weighted by molar-refractivity contribution is -0.129. The molecule has 0 unspecified atom stereocenters. The summed E-state index contributed by atoms with van der Waals surface area (Å²) in [6, 6.07) is 7.65. The SMILES string of the molecule is CC(=O)N(CCCO)Cc1cc2cc(C)ccc2[nH]c1=O. The number of aliphatic hydroxyl groups excluding tert-OH is 1. The summed E-state index contributed by atoms with van der Waals surface area (Å²) in [6.45, 7) is 4.19. The van der Waals surface area contributed by atoms with E-state index in [1.165, 1.54) is 6.92 Å². The fourth-order valence-electron chi connectivity index (χ4n) is 2.30. The van der Waals surface area contributed by atoms with E-state index in [1.807, 2.05) is 31.2 Å². The van der Waals surface area contributed by atoms with Crippen LogP contribution in [-0.4, -0.2) is 34.0 Å². The molecule has 0 aliphatic rings. The van der Waals surface area contributed by atoms with Gasteiger partial charge in [0.25, 0.3) is 5.56 Å². The van der Waals surface area contributed by atoms with Crippen LogP contribution < -0.4 is 5.56 Å². The van der Waals surface area contributed by atoms with Gasteiger partial charge in [0.15, 0.2) is 0 Å². The number of aryl methyl sites for hydroxylation is 1. The summed E-state index contributed by atoms with van der Waals surface area (Å²) in [5.74, 6) is -0.104. The van der Waals surface area contributed by atoms with Crippen molar-refractivity contribution in [1.82, 2.24) is 9.88 Å². The van der Waals surface area contributed by atoms with Crippen LogP contribution in [0.5, 0.6) is 0 Å². The number of carbonyl (C=O) groups excluding carboxylic acids is 1. The molecule has 1 aromatic carbocycles. The Kier molecular flexibility index (Phi) is 4.75. The third kappa shape index (κ3) is 3.70. The Labute approximate surface area is 123 Å². The van der Waals surface area contributed by atoms with Crippen LogP contribution >= 0.6 is 0 Å². The van der Waals surface area contributed by atoms with E-state index in [1.54, 1.807) is 4.90 Å². The minimum absolute atomic E-state index is 0.0249. The Morgan fingerprint density at radius 3 is 2.76 bits per heavy atom. The van der Waals surface area contributed by atoms with Gasteiger partial charge in [0, 0.05) is 31.2 Å². The topological polar surface area (TPSA) is 73.4 Å². The van der Waals surface area contributed by atoms with Gasteiger partial charge < -0.3 is 15.0 Å². The molecule has 0 radical (unpaired) electrons. The van der Waals surface area contributed by atoms with Gasteiger partial charge in [-0.2, -0.15) is 0 Å². The first-order valence-corrected chi connectivity index (χ1v) is 7.00. The largest absolute Gasteiger partial charge is 0.396 e. The highest BCUT2D eigenvalue weighted by atomic mass is 16.3. The Morgan fingerprint density at radius 1 is 1.33 bits per heavy atom. The molecule has 0 atom stereocenters. The molecule has 5 nitrogen and oxygen atoms in total. The number of hydrogen-bond donors (Lipinski definition) is 2. The second kappa shape index (κ2) is 6.54. The first-order chi connectivity index (χ1) is 10.0. The molecule has 0 saturated heterocycles. The van der Waals surface area contributed by atoms with Gasteiger partial charge in [-0.05, 0) is 36.9 Å². The molecule has 5 heteroatoms. The fourth-order valence-corrected chi connectivity index (χ4v) is 2.30. The monoisotopic (exact) mass is 288 g/mol. The normalized spacial score (nSPS) is 10.8. The molecule has 1 amide bonds. The average molecular weight is 288 g/mol. The lowest BCUT2D eigenvalue weighted by Gasteiger charge is -2.20. The summed E-state index contributed by atoms with van der Waals surface area (Å²) in [6.07, 6.45) is 0.504. The molecular formula is C16H20N2O3. The highest BCUT2D eigenvalue weighted by Gasteiger charge is 2.12. The van der Waals surface area contributed by atoms with Crippen LogP contribution in [0, 0.1) is 6.92 Å². The van der Waals surface area contributed by atoms with Crippen molar-refractivity contribution in [3.05, 3.63) is 45.7 Å². The molecule has 0 bridgehead atoms. The number of pyridine rings is 1. The van der Waals surface area contributed by atoms with Crippen LogP contribution in [0.4, 0.5) is 0 Å². The van der Waals surface area contributed by atoms with Crippen molar-refractivity contribution < 1.29 is 9.90 Å². The van der Waals surface area contributed by atoms with Crippen LogP contribution in [0.1, 0.15) is 24.5 Å². The number of carbonyl (C=O) groups is 1. The lowest BCUT2D eigenvalue weighted by Crippen LogP contribution is -2.32. The standard InChI is InChI=1S/C16H20N2O3/c1-11-4-5-15-13(8-11)9-14(16(21)17-15)10-18(12(2)20)6-3-7-19/h4-5,8-9,19H,3,6-7,10H2,1-2H3,(H,17,21). The maximum Gasteiger partial charge on any atom is 0.253 e. The molecule has 1 aromatic heterocycles. The zero-order valence-corrected chi connectivity index (χ0v) is 12.3. The number of nitrogens with zero attached hydrogens (tertiary/aromatic N) is 1. The molecule has 1 heterocycles. The van der Waals surface area contributed by atoms with Crippen LogP contribution in [0.2, 0.25) is 0 Å². The second-order valence-electron chi connectivity index (χ2n) is 5.23. The van der Waals surface area contributed by atoms with E-state index in [-0.39, 0.29) is 24.6 Å². The molecular weight excluding hydrogens is 268 g/mol. The van der Waals surface area contributed by atoms with Gasteiger partial charge in [0.2, 0.25) is 5.91 Å². The summed E-state index contributed by atoms with van der Waals surface area (Å²) in [5, 5.41) is 9.84. The van der Waals surface area contributed by atoms with Crippen molar-refractivity contribution in [2.75, 3.05) is 13.2 Å². The Hall–Kier alpha value is -2.14. The van der Waals surface area contributed by atoms with E-state index >= 15 is 0 Å². The molecule has 0 aliphatic heterocycles. The van der Waals surface area contributed by atoms with Crippen molar-refractivity contribution in [3.63, 3.8) is 0 Å². The zero-order valence-electron chi connectivity index (χ0n) is 12.3. The number of fused-ring (bicyclic) bond motifs is 1. The number of hydrogen-bond acceptors (Lipinski definition) is 3.